The molecule has 0 amide bonds. The Morgan fingerprint density at radius 3 is 2.83 bits per heavy atom. The number of aromatic nitrogens is 6. The first-order valence-electron chi connectivity index (χ1n) is 5.71. The van der Waals surface area contributed by atoms with Crippen LogP contribution in [0.25, 0.3) is 0 Å². The van der Waals surface area contributed by atoms with Gasteiger partial charge in [0.05, 0.1) is 11.8 Å². The summed E-state index contributed by atoms with van der Waals surface area (Å²) < 4.78 is 2.42. The fraction of sp³-hybridized carbons (Fsp3) is 0.667. The second-order valence-electron chi connectivity index (χ2n) is 4.08. The van der Waals surface area contributed by atoms with Gasteiger partial charge in [-0.15, -0.1) is 15.3 Å². The van der Waals surface area contributed by atoms with E-state index in [-0.39, 0.29) is 0 Å². The summed E-state index contributed by atoms with van der Waals surface area (Å²) in [6.45, 7) is 0. The zero-order valence-corrected chi connectivity index (χ0v) is 11.9. The average Bonchev–Trinajstić information content (AvgIpc) is 3.07. The van der Waals surface area contributed by atoms with Gasteiger partial charge in [-0.25, -0.2) is 4.68 Å². The largest absolute Gasteiger partial charge is 0.217 e. The van der Waals surface area contributed by atoms with Gasteiger partial charge in [0.2, 0.25) is 9.62 Å². The molecule has 1 fully saturated rings. The van der Waals surface area contributed by atoms with Crippen LogP contribution in [0.2, 0.25) is 4.47 Å². The van der Waals surface area contributed by atoms with Gasteiger partial charge in [-0.2, -0.15) is 0 Å². The Bertz CT molecular complexity index is 521. The molecule has 1 saturated carbocycles. The van der Waals surface area contributed by atoms with Crippen LogP contribution in [0.3, 0.4) is 0 Å². The average molecular weight is 303 g/mol. The summed E-state index contributed by atoms with van der Waals surface area (Å²) in [6.07, 6.45) is 4.87. The standard InChI is InChI=1S/C9H11ClN6S2/c10-8-12-11-7(18-8)5-17-9-13-14-15-16(9)6-3-1-2-4-6/h6H,1-5H2. The molecule has 1 aliphatic rings. The van der Waals surface area contributed by atoms with E-state index in [9.17, 15) is 0 Å². The van der Waals surface area contributed by atoms with Crippen molar-refractivity contribution in [1.29, 1.82) is 0 Å². The highest BCUT2D eigenvalue weighted by atomic mass is 35.5. The van der Waals surface area contributed by atoms with E-state index >= 15 is 0 Å². The molecule has 2 aromatic heterocycles. The molecule has 2 aromatic rings. The number of halogens is 1. The van der Waals surface area contributed by atoms with Crippen molar-refractivity contribution in [3.05, 3.63) is 9.47 Å². The van der Waals surface area contributed by atoms with Crippen LogP contribution in [0.5, 0.6) is 0 Å². The normalized spacial score (nSPS) is 16.5. The maximum atomic E-state index is 5.75. The number of rotatable bonds is 4. The van der Waals surface area contributed by atoms with Gasteiger partial charge in [-0.3, -0.25) is 0 Å². The molecule has 0 spiro atoms. The Morgan fingerprint density at radius 1 is 1.28 bits per heavy atom. The number of hydrogen-bond donors (Lipinski definition) is 0. The highest BCUT2D eigenvalue weighted by molar-refractivity contribution is 7.98. The molecule has 0 aliphatic heterocycles. The van der Waals surface area contributed by atoms with Gasteiger partial charge in [0.25, 0.3) is 0 Å². The van der Waals surface area contributed by atoms with E-state index in [2.05, 4.69) is 25.7 Å². The van der Waals surface area contributed by atoms with Gasteiger partial charge in [-0.05, 0) is 34.9 Å². The first-order valence-corrected chi connectivity index (χ1v) is 7.89. The number of tetrazole rings is 1. The number of thioether (sulfide) groups is 1. The summed E-state index contributed by atoms with van der Waals surface area (Å²) in [4.78, 5) is 0. The van der Waals surface area contributed by atoms with Crippen molar-refractivity contribution in [3.63, 3.8) is 0 Å². The van der Waals surface area contributed by atoms with Crippen LogP contribution in [0.4, 0.5) is 0 Å². The van der Waals surface area contributed by atoms with Crippen molar-refractivity contribution in [2.75, 3.05) is 0 Å². The van der Waals surface area contributed by atoms with Crippen LogP contribution >= 0.6 is 34.7 Å². The molecule has 0 N–H and O–H groups in total. The number of hydrogen-bond acceptors (Lipinski definition) is 7. The van der Waals surface area contributed by atoms with Gasteiger partial charge in [0, 0.05) is 0 Å². The highest BCUT2D eigenvalue weighted by Crippen LogP contribution is 2.32. The minimum absolute atomic E-state index is 0.459. The molecule has 6 nitrogen and oxygen atoms in total. The SMILES string of the molecule is Clc1nnc(CSc2nnnn2C2CCCC2)s1. The van der Waals surface area contributed by atoms with Crippen molar-refractivity contribution in [1.82, 2.24) is 30.4 Å². The zero-order valence-electron chi connectivity index (χ0n) is 9.49. The topological polar surface area (TPSA) is 69.4 Å². The maximum Gasteiger partial charge on any atom is 0.209 e. The van der Waals surface area contributed by atoms with E-state index < -0.39 is 0 Å². The Balaban J connectivity index is 1.67. The van der Waals surface area contributed by atoms with Gasteiger partial charge in [-0.1, -0.05) is 35.9 Å². The lowest BCUT2D eigenvalue weighted by Gasteiger charge is -2.09. The molecular formula is C9H11ClN6S2. The molecule has 9 heteroatoms. The van der Waals surface area contributed by atoms with Gasteiger partial charge >= 0.3 is 0 Å². The molecule has 96 valence electrons. The lowest BCUT2D eigenvalue weighted by Crippen LogP contribution is -2.08. The van der Waals surface area contributed by atoms with E-state index in [4.69, 9.17) is 11.6 Å². The van der Waals surface area contributed by atoms with E-state index in [1.807, 2.05) is 4.68 Å². The summed E-state index contributed by atoms with van der Waals surface area (Å²) in [5.41, 5.74) is 0. The molecular weight excluding hydrogens is 292 g/mol. The van der Waals surface area contributed by atoms with E-state index in [0.29, 0.717) is 16.3 Å². The molecule has 0 bridgehead atoms. The van der Waals surface area contributed by atoms with Crippen LogP contribution in [-0.2, 0) is 5.75 Å². The zero-order chi connectivity index (χ0) is 12.4. The third-order valence-corrected chi connectivity index (χ3v) is 5.05. The Kier molecular flexibility index (Phi) is 3.76. The monoisotopic (exact) mass is 302 g/mol. The highest BCUT2D eigenvalue weighted by Gasteiger charge is 2.21. The van der Waals surface area contributed by atoms with E-state index in [1.54, 1.807) is 11.8 Å². The van der Waals surface area contributed by atoms with Crippen molar-refractivity contribution in [3.8, 4) is 0 Å². The molecule has 0 saturated heterocycles. The molecule has 0 radical (unpaired) electrons. The van der Waals surface area contributed by atoms with Gasteiger partial charge in [0.1, 0.15) is 5.01 Å². The predicted octanol–water partition coefficient (Wildman–Crippen LogP) is 2.59. The third-order valence-electron chi connectivity index (χ3n) is 2.90. The lowest BCUT2D eigenvalue weighted by atomic mass is 10.3. The Hall–Kier alpha value is -0.730. The first kappa shape index (κ1) is 12.3. The van der Waals surface area contributed by atoms with Crippen LogP contribution in [-0.4, -0.2) is 30.4 Å². The van der Waals surface area contributed by atoms with Crippen molar-refractivity contribution in [2.45, 2.75) is 42.6 Å². The smallest absolute Gasteiger partial charge is 0.209 e. The molecule has 0 atom stereocenters. The van der Waals surface area contributed by atoms with Crippen molar-refractivity contribution < 1.29 is 0 Å². The van der Waals surface area contributed by atoms with Gasteiger partial charge in [0.15, 0.2) is 0 Å². The molecule has 0 aromatic carbocycles. The Labute approximate surface area is 117 Å². The van der Waals surface area contributed by atoms with Crippen LogP contribution < -0.4 is 0 Å². The van der Waals surface area contributed by atoms with Crippen LogP contribution in [0, 0.1) is 0 Å². The van der Waals surface area contributed by atoms with Crippen LogP contribution in [0.1, 0.15) is 36.7 Å². The summed E-state index contributed by atoms with van der Waals surface area (Å²) in [6, 6.07) is 0.459. The van der Waals surface area contributed by atoms with E-state index in [1.165, 1.54) is 37.0 Å². The second-order valence-corrected chi connectivity index (χ2v) is 6.67. The fourth-order valence-electron chi connectivity index (χ4n) is 2.08. The van der Waals surface area contributed by atoms with Gasteiger partial charge < -0.3 is 0 Å². The summed E-state index contributed by atoms with van der Waals surface area (Å²) in [7, 11) is 0. The minimum Gasteiger partial charge on any atom is -0.217 e. The number of nitrogens with zero attached hydrogens (tertiary/aromatic N) is 6. The quantitative estimate of drug-likeness (QED) is 0.809. The Morgan fingerprint density at radius 2 is 2.11 bits per heavy atom. The predicted molar refractivity (Wildman–Crippen MR) is 69.8 cm³/mol. The minimum atomic E-state index is 0.459. The summed E-state index contributed by atoms with van der Waals surface area (Å²) in [5, 5.41) is 21.4. The molecule has 2 heterocycles. The molecule has 0 unspecified atom stereocenters. The molecule has 1 aliphatic carbocycles. The first-order chi connectivity index (χ1) is 8.83. The fourth-order valence-corrected chi connectivity index (χ4v) is 3.87. The second kappa shape index (κ2) is 5.50. The van der Waals surface area contributed by atoms with Crippen LogP contribution in [0.15, 0.2) is 5.16 Å². The lowest BCUT2D eigenvalue weighted by molar-refractivity contribution is 0.423. The summed E-state index contributed by atoms with van der Waals surface area (Å²) >= 11 is 8.72. The third kappa shape index (κ3) is 2.65. The van der Waals surface area contributed by atoms with Crippen molar-refractivity contribution in [2.24, 2.45) is 0 Å². The van der Waals surface area contributed by atoms with Crippen molar-refractivity contribution >= 4 is 34.7 Å². The summed E-state index contributed by atoms with van der Waals surface area (Å²) in [5.74, 6) is 0.706. The molecule has 3 rings (SSSR count). The molecule has 18 heavy (non-hydrogen) atoms. The maximum absolute atomic E-state index is 5.75. The van der Waals surface area contributed by atoms with E-state index in [0.717, 1.165) is 10.2 Å².